The maximum atomic E-state index is 12.6. The molecule has 67 heavy (non-hydrogen) atoms. The summed E-state index contributed by atoms with van der Waals surface area (Å²) in [6.45, 7) is 4.61. The predicted octanol–water partition coefficient (Wildman–Crippen LogP) is 5.90. The van der Waals surface area contributed by atoms with Crippen LogP contribution >= 0.6 is 39.1 Å². The first-order valence-electron chi connectivity index (χ1n) is 19.1. The molecule has 29 heteroatoms. The highest BCUT2D eigenvalue weighted by atomic mass is 79.9. The van der Waals surface area contributed by atoms with Crippen LogP contribution in [0.1, 0.15) is 77.7 Å². The van der Waals surface area contributed by atoms with Crippen molar-refractivity contribution in [2.45, 2.75) is 99.2 Å². The molecule has 3 rings (SSSR count). The van der Waals surface area contributed by atoms with Crippen molar-refractivity contribution >= 4 is 102 Å². The third-order valence-corrected chi connectivity index (χ3v) is 10.1. The smallest absolute Gasteiger partial charge is 0.369 e. The number of imidazole rings is 1. The van der Waals surface area contributed by atoms with Crippen LogP contribution in [-0.2, 0) is 59.8 Å². The first-order chi connectivity index (χ1) is 30.9. The number of hydrogen-bond acceptors (Lipinski definition) is 15. The maximum Gasteiger partial charge on any atom is 0.369 e. The van der Waals surface area contributed by atoms with Crippen LogP contribution in [0.3, 0.4) is 0 Å². The number of rotatable bonds is 22. The second kappa shape index (κ2) is 31.6. The molecule has 1 aromatic carbocycles. The summed E-state index contributed by atoms with van der Waals surface area (Å²) in [5.41, 5.74) is -0.219. The number of aliphatic carboxylic acids is 5. The Labute approximate surface area is 398 Å². The minimum atomic E-state index is -4.26. The fourth-order valence-corrected chi connectivity index (χ4v) is 5.47. The SMILES string of the molecule is CCC[C@H](Br)C(=O)O.CCOC(=O)C(CCC(=O)O)(CCC(=O)O)C(=O)OCC.O=C(O)CCC(F)(Cl)C(F)(F)Cl.O=C(O)COc1ccc(CO)cc1.O=S(=O)(O)c1nc2ccncc2[nH]1. The van der Waals surface area contributed by atoms with Gasteiger partial charge in [-0.15, -0.1) is 0 Å². The van der Waals surface area contributed by atoms with E-state index < -0.39 is 98.7 Å². The maximum absolute atomic E-state index is 12.6. The normalized spacial score (nSPS) is 12.2. The Morgan fingerprint density at radius 1 is 0.791 bits per heavy atom. The summed E-state index contributed by atoms with van der Waals surface area (Å²) in [4.78, 5) is 85.2. The first-order valence-corrected chi connectivity index (χ1v) is 22.2. The first kappa shape index (κ1) is 63.7. The van der Waals surface area contributed by atoms with E-state index in [1.54, 1.807) is 30.3 Å². The molecule has 0 bridgehead atoms. The zero-order valence-electron chi connectivity index (χ0n) is 35.7. The summed E-state index contributed by atoms with van der Waals surface area (Å²) >= 11 is 11.9. The molecule has 2 aromatic heterocycles. The van der Waals surface area contributed by atoms with E-state index in [-0.39, 0.29) is 44.1 Å². The van der Waals surface area contributed by atoms with Crippen LogP contribution in [0.25, 0.3) is 11.0 Å². The number of carbonyl (C=O) groups excluding carboxylic acids is 2. The molecule has 0 spiro atoms. The molecule has 0 aliphatic carbocycles. The number of benzene rings is 1. The summed E-state index contributed by atoms with van der Waals surface area (Å²) in [7, 11) is -4.26. The highest BCUT2D eigenvalue weighted by Crippen LogP contribution is 2.42. The number of aromatic nitrogens is 3. The molecule has 2 heterocycles. The Hall–Kier alpha value is -5.35. The number of aliphatic hydroxyl groups excluding tert-OH is 1. The Morgan fingerprint density at radius 3 is 1.61 bits per heavy atom. The minimum absolute atomic E-state index is 0.0138. The van der Waals surface area contributed by atoms with E-state index in [1.165, 1.54) is 26.2 Å². The molecule has 1 unspecified atom stereocenters. The summed E-state index contributed by atoms with van der Waals surface area (Å²) < 4.78 is 81.1. The third kappa shape index (κ3) is 26.5. The van der Waals surface area contributed by atoms with Crippen molar-refractivity contribution in [3.8, 4) is 5.75 Å². The Balaban J connectivity index is 0. The van der Waals surface area contributed by atoms with Crippen molar-refractivity contribution in [1.29, 1.82) is 0 Å². The van der Waals surface area contributed by atoms with E-state index in [9.17, 15) is 55.2 Å². The Morgan fingerprint density at radius 2 is 1.27 bits per heavy atom. The van der Waals surface area contributed by atoms with Gasteiger partial charge in [0.2, 0.25) is 0 Å². The standard InChI is InChI=1S/C13H20O8.C9H10O4.C6H5N3O3S.C5H9BrO2.C5H5Cl2F3O2/c1-3-20-11(18)13(7-5-9(14)15,8-6-10(16)17)12(19)21-4-2;10-5-7-1-3-8(4-2-7)13-6-9(11)12;10-13(11,12)6-8-4-1-2-7-3-5(4)9-6;1-2-3-4(6)5(7)8;6-4(8,5(7,9)10)2-1-3(11)12/h3-8H2,1-2H3,(H,14,15)(H,16,17);1-4,10H,5-6H2,(H,11,12);1-3H,(H,8,9)(H,10,11,12);4H,2-3H2,1H3,(H,7,8);1-2H2,(H,11,12)/t;;;4-;/m...0./s1. The number of aliphatic hydroxyl groups is 1. The molecule has 0 radical (unpaired) electrons. The number of H-pyrrole nitrogens is 1. The van der Waals surface area contributed by atoms with Gasteiger partial charge in [-0.3, -0.25) is 38.3 Å². The minimum Gasteiger partial charge on any atom is -0.482 e. The van der Waals surface area contributed by atoms with Crippen LogP contribution in [-0.4, -0.2) is 136 Å². The fourth-order valence-electron chi connectivity index (χ4n) is 4.37. The number of nitrogens with zero attached hydrogens (tertiary/aromatic N) is 2. The van der Waals surface area contributed by atoms with Gasteiger partial charge in [0.15, 0.2) is 12.0 Å². The van der Waals surface area contributed by atoms with Gasteiger partial charge in [0.05, 0.1) is 37.1 Å². The molecule has 378 valence electrons. The number of halogens is 6. The van der Waals surface area contributed by atoms with Crippen LogP contribution in [0, 0.1) is 5.41 Å². The third-order valence-electron chi connectivity index (χ3n) is 7.72. The number of esters is 2. The van der Waals surface area contributed by atoms with Gasteiger partial charge in [-0.2, -0.15) is 17.2 Å². The molecular weight excluding hydrogens is 1040 g/mol. The van der Waals surface area contributed by atoms with E-state index in [0.29, 0.717) is 23.2 Å². The summed E-state index contributed by atoms with van der Waals surface area (Å²) in [5.74, 6) is -7.03. The Kier molecular flexibility index (Phi) is 30.1. The lowest BCUT2D eigenvalue weighted by Crippen LogP contribution is -2.43. The second-order valence-electron chi connectivity index (χ2n) is 12.9. The van der Waals surface area contributed by atoms with E-state index in [0.717, 1.165) is 12.0 Å². The van der Waals surface area contributed by atoms with Gasteiger partial charge in [0.25, 0.3) is 10.3 Å². The second-order valence-corrected chi connectivity index (χ2v) is 16.4. The number of carboxylic acid groups (broad SMARTS) is 5. The zero-order chi connectivity index (χ0) is 52.2. The van der Waals surface area contributed by atoms with Crippen LogP contribution in [0.4, 0.5) is 13.2 Å². The number of carboxylic acids is 5. The quantitative estimate of drug-likeness (QED) is 0.0251. The van der Waals surface area contributed by atoms with E-state index in [1.807, 2.05) is 6.92 Å². The highest BCUT2D eigenvalue weighted by Gasteiger charge is 2.52. The number of alkyl halides is 6. The molecule has 0 fully saturated rings. The monoisotopic (exact) mass is 1090 g/mol. The number of hydrogen-bond donors (Lipinski definition) is 8. The van der Waals surface area contributed by atoms with Crippen molar-refractivity contribution in [2.75, 3.05) is 19.8 Å². The molecule has 0 aliphatic rings. The van der Waals surface area contributed by atoms with Crippen molar-refractivity contribution in [2.24, 2.45) is 5.41 Å². The van der Waals surface area contributed by atoms with Gasteiger partial charge < -0.3 is 49.8 Å². The fraction of sp³-hybridized carbons (Fsp3) is 0.500. The summed E-state index contributed by atoms with van der Waals surface area (Å²) in [6.07, 6.45) is 0.989. The van der Waals surface area contributed by atoms with Crippen molar-refractivity contribution in [3.05, 3.63) is 48.3 Å². The lowest BCUT2D eigenvalue weighted by molar-refractivity contribution is -0.174. The number of ether oxygens (including phenoxy) is 3. The molecule has 3 aromatic rings. The Bertz CT molecular complexity index is 2090. The molecule has 0 saturated carbocycles. The van der Waals surface area contributed by atoms with Gasteiger partial charge in [-0.25, -0.2) is 14.2 Å². The average Bonchev–Trinajstić information content (AvgIpc) is 3.69. The van der Waals surface area contributed by atoms with E-state index in [2.05, 4.69) is 54.1 Å². The van der Waals surface area contributed by atoms with Crippen LogP contribution in [0.2, 0.25) is 0 Å². The van der Waals surface area contributed by atoms with Gasteiger partial charge >= 0.3 is 57.3 Å². The molecular formula is C38H49BrCl2F3N3O19S. The summed E-state index contributed by atoms with van der Waals surface area (Å²) in [6, 6.07) is 8.14. The van der Waals surface area contributed by atoms with E-state index in [4.69, 9.17) is 49.4 Å². The highest BCUT2D eigenvalue weighted by molar-refractivity contribution is 9.10. The molecule has 0 amide bonds. The molecule has 22 nitrogen and oxygen atoms in total. The van der Waals surface area contributed by atoms with Crippen LogP contribution < -0.4 is 4.74 Å². The van der Waals surface area contributed by atoms with Crippen molar-refractivity contribution < 1.29 is 105 Å². The van der Waals surface area contributed by atoms with Crippen molar-refractivity contribution in [3.63, 3.8) is 0 Å². The van der Waals surface area contributed by atoms with Gasteiger partial charge in [0, 0.05) is 31.9 Å². The van der Waals surface area contributed by atoms with Gasteiger partial charge in [-0.05, 0) is 68.5 Å². The molecule has 0 aliphatic heterocycles. The molecule has 8 N–H and O–H groups in total. The molecule has 2 atom stereocenters. The number of pyridine rings is 1. The lowest BCUT2D eigenvalue weighted by Gasteiger charge is -2.28. The van der Waals surface area contributed by atoms with Gasteiger partial charge in [0.1, 0.15) is 10.6 Å². The molecule has 0 saturated heterocycles. The van der Waals surface area contributed by atoms with Crippen LogP contribution in [0.15, 0.2) is 47.9 Å². The largest absolute Gasteiger partial charge is 0.482 e. The zero-order valence-corrected chi connectivity index (χ0v) is 39.6. The lowest BCUT2D eigenvalue weighted by atomic mass is 9.78. The number of nitrogens with one attached hydrogen (secondary N) is 1. The average molecular weight is 1090 g/mol. The number of carbonyl (C=O) groups is 7. The topological polar surface area (TPSA) is 364 Å². The van der Waals surface area contributed by atoms with Gasteiger partial charge in [-0.1, -0.05) is 53.0 Å². The number of aromatic amines is 1. The number of fused-ring (bicyclic) bond motifs is 1. The van der Waals surface area contributed by atoms with Crippen molar-refractivity contribution in [1.82, 2.24) is 15.0 Å². The predicted molar refractivity (Wildman–Crippen MR) is 231 cm³/mol. The summed E-state index contributed by atoms with van der Waals surface area (Å²) in [5, 5.41) is 42.6. The van der Waals surface area contributed by atoms with E-state index >= 15 is 0 Å². The van der Waals surface area contributed by atoms with Crippen LogP contribution in [0.5, 0.6) is 5.75 Å².